The summed E-state index contributed by atoms with van der Waals surface area (Å²) >= 11 is 0. The summed E-state index contributed by atoms with van der Waals surface area (Å²) in [5.74, 6) is 0.0817. The number of aromatic amines is 1. The van der Waals surface area contributed by atoms with Gasteiger partial charge in [0.15, 0.2) is 11.6 Å². The summed E-state index contributed by atoms with van der Waals surface area (Å²) in [6.07, 6.45) is 2.94. The van der Waals surface area contributed by atoms with Crippen molar-refractivity contribution < 1.29 is 19.0 Å². The summed E-state index contributed by atoms with van der Waals surface area (Å²) in [5.41, 5.74) is 0.612. The van der Waals surface area contributed by atoms with Crippen LogP contribution in [-0.2, 0) is 0 Å². The Kier molecular flexibility index (Phi) is 5.52. The van der Waals surface area contributed by atoms with Crippen LogP contribution in [0.15, 0.2) is 24.5 Å². The van der Waals surface area contributed by atoms with E-state index in [0.29, 0.717) is 37.6 Å². The van der Waals surface area contributed by atoms with Gasteiger partial charge in [-0.1, -0.05) is 0 Å². The number of H-pyrrole nitrogens is 1. The van der Waals surface area contributed by atoms with E-state index in [1.54, 1.807) is 12.1 Å². The van der Waals surface area contributed by atoms with Crippen LogP contribution in [0.4, 0.5) is 20.7 Å². The van der Waals surface area contributed by atoms with Gasteiger partial charge in [-0.05, 0) is 18.9 Å². The number of halogens is 1. The first-order chi connectivity index (χ1) is 10.6. The molecular formula is C13H16FN5O3. The molecule has 4 N–H and O–H groups in total. The van der Waals surface area contributed by atoms with Gasteiger partial charge in [0.2, 0.25) is 5.88 Å². The summed E-state index contributed by atoms with van der Waals surface area (Å²) in [7, 11) is 0. The smallest absolute Gasteiger partial charge is 0.404 e. The molecule has 0 aromatic carbocycles. The van der Waals surface area contributed by atoms with Crippen molar-refractivity contribution >= 4 is 17.6 Å². The van der Waals surface area contributed by atoms with E-state index in [0.717, 1.165) is 6.20 Å². The molecule has 0 unspecified atom stereocenters. The highest BCUT2D eigenvalue weighted by atomic mass is 19.1. The SMILES string of the molecule is O=C(O)NCCCCOc1cc(Nc2[nH]ncc2F)ccn1. The van der Waals surface area contributed by atoms with Gasteiger partial charge in [-0.15, -0.1) is 0 Å². The molecule has 22 heavy (non-hydrogen) atoms. The molecule has 0 saturated carbocycles. The van der Waals surface area contributed by atoms with Crippen molar-refractivity contribution in [2.45, 2.75) is 12.8 Å². The number of hydrogen-bond donors (Lipinski definition) is 4. The molecule has 0 aliphatic rings. The fraction of sp³-hybridized carbons (Fsp3) is 0.308. The molecule has 0 atom stereocenters. The Balaban J connectivity index is 1.77. The van der Waals surface area contributed by atoms with E-state index in [-0.39, 0.29) is 5.82 Å². The summed E-state index contributed by atoms with van der Waals surface area (Å²) in [6, 6.07) is 3.31. The zero-order chi connectivity index (χ0) is 15.8. The summed E-state index contributed by atoms with van der Waals surface area (Å²) in [6.45, 7) is 0.795. The third-order valence-electron chi connectivity index (χ3n) is 2.69. The van der Waals surface area contributed by atoms with E-state index in [9.17, 15) is 9.18 Å². The van der Waals surface area contributed by atoms with Gasteiger partial charge in [-0.25, -0.2) is 14.2 Å². The number of carboxylic acid groups (broad SMARTS) is 1. The van der Waals surface area contributed by atoms with Crippen molar-refractivity contribution in [3.63, 3.8) is 0 Å². The molecule has 2 aromatic heterocycles. The number of rotatable bonds is 8. The Bertz CT molecular complexity index is 619. The molecule has 2 rings (SSSR count). The van der Waals surface area contributed by atoms with E-state index in [2.05, 4.69) is 25.8 Å². The lowest BCUT2D eigenvalue weighted by molar-refractivity contribution is 0.193. The van der Waals surface area contributed by atoms with E-state index in [4.69, 9.17) is 9.84 Å². The number of carbonyl (C=O) groups is 1. The first-order valence-electron chi connectivity index (χ1n) is 6.66. The number of nitrogens with zero attached hydrogens (tertiary/aromatic N) is 2. The second-order valence-electron chi connectivity index (χ2n) is 4.39. The molecule has 2 heterocycles. The summed E-state index contributed by atoms with van der Waals surface area (Å²) < 4.78 is 18.7. The normalized spacial score (nSPS) is 10.2. The predicted octanol–water partition coefficient (Wildman–Crippen LogP) is 2.11. The fourth-order valence-electron chi connectivity index (χ4n) is 1.67. The maximum atomic E-state index is 13.3. The third-order valence-corrected chi connectivity index (χ3v) is 2.69. The molecule has 0 aliphatic heterocycles. The number of aromatic nitrogens is 3. The van der Waals surface area contributed by atoms with Gasteiger partial charge in [0, 0.05) is 24.5 Å². The molecule has 1 amide bonds. The number of nitrogens with one attached hydrogen (secondary N) is 3. The van der Waals surface area contributed by atoms with Crippen molar-refractivity contribution in [2.24, 2.45) is 0 Å². The lowest BCUT2D eigenvalue weighted by Gasteiger charge is -2.08. The van der Waals surface area contributed by atoms with Crippen molar-refractivity contribution in [1.29, 1.82) is 0 Å². The Labute approximate surface area is 125 Å². The van der Waals surface area contributed by atoms with Crippen molar-refractivity contribution in [3.05, 3.63) is 30.3 Å². The highest BCUT2D eigenvalue weighted by Gasteiger charge is 2.05. The Hall–Kier alpha value is -2.84. The highest BCUT2D eigenvalue weighted by molar-refractivity contribution is 5.64. The molecule has 2 aromatic rings. The molecule has 9 heteroatoms. The summed E-state index contributed by atoms with van der Waals surface area (Å²) in [4.78, 5) is 14.3. The third kappa shape index (κ3) is 4.93. The lowest BCUT2D eigenvalue weighted by atomic mass is 10.3. The topological polar surface area (TPSA) is 112 Å². The first-order valence-corrected chi connectivity index (χ1v) is 6.66. The van der Waals surface area contributed by atoms with Crippen LogP contribution in [0.3, 0.4) is 0 Å². The maximum absolute atomic E-state index is 13.3. The van der Waals surface area contributed by atoms with Crippen LogP contribution in [0, 0.1) is 5.82 Å². The quantitative estimate of drug-likeness (QED) is 0.556. The van der Waals surface area contributed by atoms with Gasteiger partial charge in [0.05, 0.1) is 12.8 Å². The number of pyridine rings is 1. The van der Waals surface area contributed by atoms with Gasteiger partial charge in [0.1, 0.15) is 0 Å². The van der Waals surface area contributed by atoms with Crippen LogP contribution >= 0.6 is 0 Å². The largest absolute Gasteiger partial charge is 0.478 e. The van der Waals surface area contributed by atoms with Gasteiger partial charge in [-0.3, -0.25) is 5.10 Å². The number of anilines is 2. The van der Waals surface area contributed by atoms with Crippen LogP contribution < -0.4 is 15.4 Å². The Morgan fingerprint density at radius 2 is 2.32 bits per heavy atom. The number of hydrogen-bond acceptors (Lipinski definition) is 5. The Morgan fingerprint density at radius 1 is 1.45 bits per heavy atom. The van der Waals surface area contributed by atoms with Gasteiger partial charge >= 0.3 is 6.09 Å². The lowest BCUT2D eigenvalue weighted by Crippen LogP contribution is -2.22. The van der Waals surface area contributed by atoms with E-state index >= 15 is 0 Å². The zero-order valence-electron chi connectivity index (χ0n) is 11.7. The number of amides is 1. The van der Waals surface area contributed by atoms with Gasteiger partial charge in [-0.2, -0.15) is 5.10 Å². The van der Waals surface area contributed by atoms with Gasteiger partial charge < -0.3 is 20.5 Å². The average molecular weight is 309 g/mol. The minimum Gasteiger partial charge on any atom is -0.478 e. The molecule has 0 fully saturated rings. The standard InChI is InChI=1S/C13H16FN5O3/c14-10-8-17-19-12(10)18-9-3-5-15-11(7-9)22-6-2-1-4-16-13(20)21/h3,5,7-8,16H,1-2,4,6H2,(H,20,21)(H2,15,17,18,19). The average Bonchev–Trinajstić information content (AvgIpc) is 2.88. The predicted molar refractivity (Wildman–Crippen MR) is 76.8 cm³/mol. The van der Waals surface area contributed by atoms with Crippen LogP contribution in [0.5, 0.6) is 5.88 Å². The molecule has 0 aliphatic carbocycles. The number of ether oxygens (including phenoxy) is 1. The summed E-state index contributed by atoms with van der Waals surface area (Å²) in [5, 5.41) is 19.6. The molecule has 0 bridgehead atoms. The van der Waals surface area contributed by atoms with Crippen LogP contribution in [0.1, 0.15) is 12.8 Å². The van der Waals surface area contributed by atoms with Crippen molar-refractivity contribution in [2.75, 3.05) is 18.5 Å². The molecule has 8 nitrogen and oxygen atoms in total. The van der Waals surface area contributed by atoms with E-state index in [1.165, 1.54) is 6.20 Å². The molecule has 0 saturated heterocycles. The molecular weight excluding hydrogens is 293 g/mol. The molecule has 118 valence electrons. The van der Waals surface area contributed by atoms with Crippen molar-refractivity contribution in [1.82, 2.24) is 20.5 Å². The first kappa shape index (κ1) is 15.5. The molecule has 0 radical (unpaired) electrons. The van der Waals surface area contributed by atoms with Crippen LogP contribution in [0.25, 0.3) is 0 Å². The van der Waals surface area contributed by atoms with Crippen LogP contribution in [0.2, 0.25) is 0 Å². The maximum Gasteiger partial charge on any atom is 0.404 e. The van der Waals surface area contributed by atoms with Gasteiger partial charge in [0.25, 0.3) is 0 Å². The number of unbranched alkanes of at least 4 members (excludes halogenated alkanes) is 1. The minimum atomic E-state index is -1.03. The minimum absolute atomic E-state index is 0.164. The molecule has 0 spiro atoms. The monoisotopic (exact) mass is 309 g/mol. The van der Waals surface area contributed by atoms with E-state index < -0.39 is 11.9 Å². The van der Waals surface area contributed by atoms with Crippen LogP contribution in [-0.4, -0.2) is 39.5 Å². The zero-order valence-corrected chi connectivity index (χ0v) is 11.7. The highest BCUT2D eigenvalue weighted by Crippen LogP contribution is 2.19. The Morgan fingerprint density at radius 3 is 3.05 bits per heavy atom. The second-order valence-corrected chi connectivity index (χ2v) is 4.39. The second kappa shape index (κ2) is 7.81. The fourth-order valence-corrected chi connectivity index (χ4v) is 1.67. The van der Waals surface area contributed by atoms with E-state index in [1.807, 2.05) is 0 Å². The van der Waals surface area contributed by atoms with Crippen molar-refractivity contribution in [3.8, 4) is 5.88 Å².